The minimum absolute atomic E-state index is 0.196. The van der Waals surface area contributed by atoms with Gasteiger partial charge in [-0.15, -0.1) is 0 Å². The molecule has 0 aromatic carbocycles. The molecule has 1 aromatic heterocycles. The highest BCUT2D eigenvalue weighted by Crippen LogP contribution is 2.23. The molecule has 6 heteroatoms. The summed E-state index contributed by atoms with van der Waals surface area (Å²) in [6, 6.07) is 0. The second-order valence-electron chi connectivity index (χ2n) is 5.23. The molecule has 2 aliphatic heterocycles. The zero-order valence-electron chi connectivity index (χ0n) is 11.0. The van der Waals surface area contributed by atoms with Crippen LogP contribution in [0.5, 0.6) is 0 Å². The molecule has 6 nitrogen and oxygen atoms in total. The number of hydrogen-bond donors (Lipinski definition) is 0. The van der Waals surface area contributed by atoms with Gasteiger partial charge in [0.05, 0.1) is 13.2 Å². The number of aromatic nitrogens is 2. The Kier molecular flexibility index (Phi) is 3.77. The summed E-state index contributed by atoms with van der Waals surface area (Å²) in [6.07, 6.45) is 4.75. The van der Waals surface area contributed by atoms with E-state index in [2.05, 4.69) is 10.1 Å². The van der Waals surface area contributed by atoms with Crippen molar-refractivity contribution in [2.24, 2.45) is 0 Å². The van der Waals surface area contributed by atoms with Gasteiger partial charge >= 0.3 is 0 Å². The third-order valence-electron chi connectivity index (χ3n) is 3.78. The molecule has 3 heterocycles. The first-order valence-corrected chi connectivity index (χ1v) is 7.01. The molecule has 2 aliphatic rings. The summed E-state index contributed by atoms with van der Waals surface area (Å²) in [5, 5.41) is 4.01. The van der Waals surface area contributed by atoms with Crippen molar-refractivity contribution in [3.05, 3.63) is 11.7 Å². The molecule has 0 radical (unpaired) electrons. The van der Waals surface area contributed by atoms with E-state index in [0.29, 0.717) is 25.5 Å². The molecular formula is C13H19N3O3. The highest BCUT2D eigenvalue weighted by molar-refractivity contribution is 5.76. The topological polar surface area (TPSA) is 68.5 Å². The van der Waals surface area contributed by atoms with E-state index in [1.807, 2.05) is 4.90 Å². The number of hydrogen-bond acceptors (Lipinski definition) is 5. The monoisotopic (exact) mass is 265 g/mol. The Hall–Kier alpha value is -1.43. The summed E-state index contributed by atoms with van der Waals surface area (Å²) in [5.41, 5.74) is 0. The molecule has 104 valence electrons. The Labute approximate surface area is 112 Å². The molecule has 0 bridgehead atoms. The predicted molar refractivity (Wildman–Crippen MR) is 66.4 cm³/mol. The van der Waals surface area contributed by atoms with Gasteiger partial charge in [0, 0.05) is 25.5 Å². The van der Waals surface area contributed by atoms with Crippen LogP contribution in [0.4, 0.5) is 0 Å². The van der Waals surface area contributed by atoms with Crippen molar-refractivity contribution < 1.29 is 14.1 Å². The maximum absolute atomic E-state index is 11.9. The number of likely N-dealkylation sites (tertiary alicyclic amines) is 1. The summed E-state index contributed by atoms with van der Waals surface area (Å²) < 4.78 is 10.6. The van der Waals surface area contributed by atoms with Crippen LogP contribution in [0.3, 0.4) is 0 Å². The van der Waals surface area contributed by atoms with Gasteiger partial charge in [-0.3, -0.25) is 4.79 Å². The minimum Gasteiger partial charge on any atom is -0.381 e. The van der Waals surface area contributed by atoms with Crippen molar-refractivity contribution in [1.29, 1.82) is 0 Å². The van der Waals surface area contributed by atoms with Gasteiger partial charge < -0.3 is 14.2 Å². The number of rotatable bonds is 3. The number of nitrogens with zero attached hydrogens (tertiary/aromatic N) is 3. The van der Waals surface area contributed by atoms with Gasteiger partial charge in [0.1, 0.15) is 0 Å². The average Bonchev–Trinajstić information content (AvgIpc) is 3.03. The van der Waals surface area contributed by atoms with E-state index in [9.17, 15) is 4.79 Å². The van der Waals surface area contributed by atoms with Crippen molar-refractivity contribution in [3.8, 4) is 0 Å². The molecule has 0 N–H and O–H groups in total. The fourth-order valence-electron chi connectivity index (χ4n) is 2.61. The van der Waals surface area contributed by atoms with E-state index in [0.717, 1.165) is 44.7 Å². The molecule has 1 amide bonds. The number of carbonyl (C=O) groups is 1. The lowest BCUT2D eigenvalue weighted by atomic mass is 10.1. The summed E-state index contributed by atoms with van der Waals surface area (Å²) in [7, 11) is 0. The van der Waals surface area contributed by atoms with Gasteiger partial charge in [-0.1, -0.05) is 11.6 Å². The van der Waals surface area contributed by atoms with Crippen LogP contribution in [0.15, 0.2) is 4.52 Å². The Morgan fingerprint density at radius 2 is 2.26 bits per heavy atom. The molecule has 1 unspecified atom stereocenters. The van der Waals surface area contributed by atoms with Crippen molar-refractivity contribution in [2.45, 2.75) is 44.6 Å². The molecule has 0 aliphatic carbocycles. The van der Waals surface area contributed by atoms with Crippen molar-refractivity contribution in [1.82, 2.24) is 15.0 Å². The van der Waals surface area contributed by atoms with Crippen LogP contribution in [0.2, 0.25) is 0 Å². The molecule has 1 atom stereocenters. The molecule has 19 heavy (non-hydrogen) atoms. The molecule has 0 saturated carbocycles. The van der Waals surface area contributed by atoms with E-state index < -0.39 is 0 Å². The lowest BCUT2D eigenvalue weighted by molar-refractivity contribution is -0.131. The van der Waals surface area contributed by atoms with Gasteiger partial charge in [-0.05, 0) is 19.3 Å². The fourth-order valence-corrected chi connectivity index (χ4v) is 2.61. The maximum atomic E-state index is 11.9. The van der Waals surface area contributed by atoms with E-state index in [4.69, 9.17) is 9.26 Å². The van der Waals surface area contributed by atoms with Crippen LogP contribution in [0.1, 0.15) is 49.7 Å². The molecule has 2 saturated heterocycles. The van der Waals surface area contributed by atoms with Crippen molar-refractivity contribution in [2.75, 3.05) is 19.8 Å². The zero-order valence-corrected chi connectivity index (χ0v) is 11.0. The van der Waals surface area contributed by atoms with E-state index >= 15 is 0 Å². The molecule has 2 fully saturated rings. The van der Waals surface area contributed by atoms with Crippen molar-refractivity contribution in [3.63, 3.8) is 0 Å². The van der Waals surface area contributed by atoms with Crippen LogP contribution in [-0.2, 0) is 16.1 Å². The summed E-state index contributed by atoms with van der Waals surface area (Å²) in [5.74, 6) is 1.70. The standard InChI is InChI=1S/C13H19N3O3/c17-12-4-2-1-3-6-16(12)8-11-14-13(15-19-11)10-5-7-18-9-10/h10H,1-9H2. The number of carbonyl (C=O) groups excluding carboxylic acids is 1. The van der Waals surface area contributed by atoms with E-state index in [1.165, 1.54) is 0 Å². The first-order chi connectivity index (χ1) is 9.33. The van der Waals surface area contributed by atoms with E-state index in [1.54, 1.807) is 0 Å². The quantitative estimate of drug-likeness (QED) is 0.828. The minimum atomic E-state index is 0.196. The highest BCUT2D eigenvalue weighted by Gasteiger charge is 2.24. The number of ether oxygens (including phenoxy) is 1. The van der Waals surface area contributed by atoms with Gasteiger partial charge in [-0.25, -0.2) is 0 Å². The number of amides is 1. The SMILES string of the molecule is O=C1CCCCCN1Cc1nc(C2CCOC2)no1. The maximum Gasteiger partial charge on any atom is 0.246 e. The largest absolute Gasteiger partial charge is 0.381 e. The molecule has 3 rings (SSSR count). The second-order valence-corrected chi connectivity index (χ2v) is 5.23. The van der Waals surface area contributed by atoms with Crippen LogP contribution in [0, 0.1) is 0 Å². The summed E-state index contributed by atoms with van der Waals surface area (Å²) in [6.45, 7) is 2.67. The van der Waals surface area contributed by atoms with Crippen LogP contribution >= 0.6 is 0 Å². The summed E-state index contributed by atoms with van der Waals surface area (Å²) in [4.78, 5) is 18.1. The second kappa shape index (κ2) is 5.69. The zero-order chi connectivity index (χ0) is 13.1. The van der Waals surface area contributed by atoms with Crippen LogP contribution < -0.4 is 0 Å². The Morgan fingerprint density at radius 3 is 3.11 bits per heavy atom. The van der Waals surface area contributed by atoms with E-state index in [-0.39, 0.29) is 11.8 Å². The van der Waals surface area contributed by atoms with Crippen LogP contribution in [0.25, 0.3) is 0 Å². The Balaban J connectivity index is 1.64. The molecule has 1 aromatic rings. The average molecular weight is 265 g/mol. The van der Waals surface area contributed by atoms with Gasteiger partial charge in [0.2, 0.25) is 11.8 Å². The summed E-state index contributed by atoms with van der Waals surface area (Å²) >= 11 is 0. The highest BCUT2D eigenvalue weighted by atomic mass is 16.5. The van der Waals surface area contributed by atoms with Gasteiger partial charge in [-0.2, -0.15) is 4.98 Å². The van der Waals surface area contributed by atoms with Crippen LogP contribution in [-0.4, -0.2) is 40.7 Å². The first kappa shape index (κ1) is 12.6. The lowest BCUT2D eigenvalue weighted by Crippen LogP contribution is -2.29. The third-order valence-corrected chi connectivity index (χ3v) is 3.78. The van der Waals surface area contributed by atoms with Gasteiger partial charge in [0.25, 0.3) is 0 Å². The smallest absolute Gasteiger partial charge is 0.246 e. The fraction of sp³-hybridized carbons (Fsp3) is 0.769. The predicted octanol–water partition coefficient (Wildman–Crippen LogP) is 1.48. The Morgan fingerprint density at radius 1 is 1.32 bits per heavy atom. The first-order valence-electron chi connectivity index (χ1n) is 7.01. The van der Waals surface area contributed by atoms with Gasteiger partial charge in [0.15, 0.2) is 5.82 Å². The molecular weight excluding hydrogens is 246 g/mol. The van der Waals surface area contributed by atoms with Crippen molar-refractivity contribution >= 4 is 5.91 Å². The normalized spacial score (nSPS) is 24.7. The lowest BCUT2D eigenvalue weighted by Gasteiger charge is -2.17. The molecule has 0 spiro atoms. The Bertz CT molecular complexity index is 440. The third kappa shape index (κ3) is 2.94.